The summed E-state index contributed by atoms with van der Waals surface area (Å²) in [5.74, 6) is -0.897. The quantitative estimate of drug-likeness (QED) is 0.208. The first-order valence-corrected chi connectivity index (χ1v) is 16.2. The molecule has 0 aliphatic carbocycles. The molecule has 0 saturated heterocycles. The summed E-state index contributed by atoms with van der Waals surface area (Å²) in [6.07, 6.45) is 0.217. The third-order valence-electron chi connectivity index (χ3n) is 6.97. The summed E-state index contributed by atoms with van der Waals surface area (Å²) in [5, 5.41) is 3.46. The molecule has 1 unspecified atom stereocenters. The van der Waals surface area contributed by atoms with E-state index in [1.807, 2.05) is 70.2 Å². The third-order valence-corrected chi connectivity index (χ3v) is 9.12. The van der Waals surface area contributed by atoms with E-state index >= 15 is 0 Å². The second kappa shape index (κ2) is 14.1. The molecule has 44 heavy (non-hydrogen) atoms. The van der Waals surface area contributed by atoms with Crippen LogP contribution < -0.4 is 9.62 Å². The van der Waals surface area contributed by atoms with Crippen LogP contribution in [-0.4, -0.2) is 43.3 Å². The van der Waals surface area contributed by atoms with E-state index < -0.39 is 34.1 Å². The summed E-state index contributed by atoms with van der Waals surface area (Å²) in [6.45, 7) is 6.94. The van der Waals surface area contributed by atoms with Crippen molar-refractivity contribution in [3.63, 3.8) is 0 Å². The molecule has 0 radical (unpaired) electrons. The average molecular weight is 632 g/mol. The summed E-state index contributed by atoms with van der Waals surface area (Å²) in [7, 11) is -4.15. The summed E-state index contributed by atoms with van der Waals surface area (Å²) in [5.41, 5.74) is 2.10. The minimum absolute atomic E-state index is 0.000607. The highest BCUT2D eigenvalue weighted by atomic mass is 35.5. The zero-order valence-corrected chi connectivity index (χ0v) is 27.0. The summed E-state index contributed by atoms with van der Waals surface area (Å²) < 4.78 is 29.2. The van der Waals surface area contributed by atoms with Gasteiger partial charge in [-0.1, -0.05) is 90.5 Å². The molecule has 0 fully saturated rings. The SMILES string of the molecule is Cc1cccc(N(CC(=O)N(Cc2ccccc2Cl)C(Cc2ccccc2)C(=O)NC(C)(C)C)S(=O)(=O)c2ccccc2)c1. The Bertz CT molecular complexity index is 1690. The Hall–Kier alpha value is -4.14. The van der Waals surface area contributed by atoms with Gasteiger partial charge in [-0.05, 0) is 74.7 Å². The van der Waals surface area contributed by atoms with Crippen molar-refractivity contribution in [3.05, 3.63) is 131 Å². The maximum absolute atomic E-state index is 14.5. The number of rotatable bonds is 11. The average Bonchev–Trinajstić information content (AvgIpc) is 2.98. The van der Waals surface area contributed by atoms with Crippen LogP contribution in [0.4, 0.5) is 5.69 Å². The number of benzene rings is 4. The standard InChI is InChI=1S/C35H38ClN3O4S/c1-26-14-13-18-29(22-26)39(44(42,43)30-19-9-6-10-20-30)25-33(40)38(24-28-17-11-12-21-31(28)36)32(34(41)37-35(2,3)4)23-27-15-7-5-8-16-27/h5-22,32H,23-25H2,1-4H3,(H,37,41). The second-order valence-electron chi connectivity index (χ2n) is 11.7. The molecule has 0 aliphatic rings. The molecule has 4 aromatic carbocycles. The topological polar surface area (TPSA) is 86.8 Å². The zero-order valence-electron chi connectivity index (χ0n) is 25.4. The number of amides is 2. The van der Waals surface area contributed by atoms with E-state index in [0.717, 1.165) is 15.4 Å². The number of aryl methyl sites for hydroxylation is 1. The van der Waals surface area contributed by atoms with Gasteiger partial charge in [0.25, 0.3) is 10.0 Å². The predicted octanol–water partition coefficient (Wildman–Crippen LogP) is 6.40. The smallest absolute Gasteiger partial charge is 0.264 e. The molecule has 0 bridgehead atoms. The lowest BCUT2D eigenvalue weighted by molar-refractivity contribution is -0.140. The first-order chi connectivity index (χ1) is 20.8. The minimum atomic E-state index is -4.15. The monoisotopic (exact) mass is 631 g/mol. The van der Waals surface area contributed by atoms with Crippen molar-refractivity contribution in [2.24, 2.45) is 0 Å². The fraction of sp³-hybridized carbons (Fsp3) is 0.257. The Morgan fingerprint density at radius 2 is 1.45 bits per heavy atom. The molecule has 0 saturated carbocycles. The van der Waals surface area contributed by atoms with E-state index in [1.165, 1.54) is 17.0 Å². The Kier molecular flexibility index (Phi) is 10.5. The number of halogens is 1. The van der Waals surface area contributed by atoms with Crippen LogP contribution in [0.15, 0.2) is 114 Å². The number of carbonyl (C=O) groups excluding carboxylic acids is 2. The van der Waals surface area contributed by atoms with Gasteiger partial charge in [-0.2, -0.15) is 0 Å². The van der Waals surface area contributed by atoms with Gasteiger partial charge in [0.1, 0.15) is 12.6 Å². The zero-order chi connectivity index (χ0) is 31.9. The van der Waals surface area contributed by atoms with Gasteiger partial charge in [0.15, 0.2) is 0 Å². The number of nitrogens with one attached hydrogen (secondary N) is 1. The Labute approximate surface area is 265 Å². The van der Waals surface area contributed by atoms with Crippen LogP contribution in [0.3, 0.4) is 0 Å². The molecular formula is C35H38ClN3O4S. The molecule has 0 aliphatic heterocycles. The fourth-order valence-corrected chi connectivity index (χ4v) is 6.47. The van der Waals surface area contributed by atoms with E-state index in [-0.39, 0.29) is 23.8 Å². The number of hydrogen-bond donors (Lipinski definition) is 1. The molecular weight excluding hydrogens is 594 g/mol. The highest BCUT2D eigenvalue weighted by molar-refractivity contribution is 7.92. The van der Waals surface area contributed by atoms with Gasteiger partial charge >= 0.3 is 0 Å². The fourth-order valence-electron chi connectivity index (χ4n) is 4.85. The van der Waals surface area contributed by atoms with Gasteiger partial charge in [0.2, 0.25) is 11.8 Å². The van der Waals surface area contributed by atoms with Gasteiger partial charge in [0.05, 0.1) is 10.6 Å². The van der Waals surface area contributed by atoms with Crippen molar-refractivity contribution < 1.29 is 18.0 Å². The van der Waals surface area contributed by atoms with Gasteiger partial charge in [0, 0.05) is 23.5 Å². The molecule has 7 nitrogen and oxygen atoms in total. The Balaban J connectivity index is 1.82. The molecule has 0 heterocycles. The number of anilines is 1. The van der Waals surface area contributed by atoms with Crippen LogP contribution >= 0.6 is 11.6 Å². The Morgan fingerprint density at radius 1 is 0.841 bits per heavy atom. The van der Waals surface area contributed by atoms with Crippen molar-refractivity contribution in [2.45, 2.75) is 57.1 Å². The first kappa shape index (κ1) is 32.8. The molecule has 1 N–H and O–H groups in total. The van der Waals surface area contributed by atoms with Gasteiger partial charge in [-0.25, -0.2) is 8.42 Å². The molecule has 230 valence electrons. The highest BCUT2D eigenvalue weighted by Gasteiger charge is 2.35. The van der Waals surface area contributed by atoms with Crippen molar-refractivity contribution in [2.75, 3.05) is 10.8 Å². The van der Waals surface area contributed by atoms with Crippen LogP contribution in [-0.2, 0) is 32.6 Å². The van der Waals surface area contributed by atoms with Crippen LogP contribution in [0.1, 0.15) is 37.5 Å². The van der Waals surface area contributed by atoms with Gasteiger partial charge < -0.3 is 10.2 Å². The van der Waals surface area contributed by atoms with Gasteiger partial charge in [-0.15, -0.1) is 0 Å². The molecule has 0 aromatic heterocycles. The van der Waals surface area contributed by atoms with Crippen LogP contribution in [0.2, 0.25) is 5.02 Å². The molecule has 0 spiro atoms. The number of nitrogens with zero attached hydrogens (tertiary/aromatic N) is 2. The van der Waals surface area contributed by atoms with Crippen molar-refractivity contribution in [1.82, 2.24) is 10.2 Å². The molecule has 1 atom stereocenters. The maximum atomic E-state index is 14.5. The molecule has 4 rings (SSSR count). The van der Waals surface area contributed by atoms with E-state index in [2.05, 4.69) is 5.32 Å². The minimum Gasteiger partial charge on any atom is -0.350 e. The number of sulfonamides is 1. The second-order valence-corrected chi connectivity index (χ2v) is 14.0. The maximum Gasteiger partial charge on any atom is 0.264 e. The van der Waals surface area contributed by atoms with E-state index in [1.54, 1.807) is 54.6 Å². The van der Waals surface area contributed by atoms with Crippen molar-refractivity contribution in [3.8, 4) is 0 Å². The lowest BCUT2D eigenvalue weighted by Crippen LogP contribution is -2.56. The Morgan fingerprint density at radius 3 is 2.07 bits per heavy atom. The summed E-state index contributed by atoms with van der Waals surface area (Å²) in [4.78, 5) is 29.9. The number of hydrogen-bond acceptors (Lipinski definition) is 4. The van der Waals surface area contributed by atoms with E-state index in [9.17, 15) is 18.0 Å². The summed E-state index contributed by atoms with van der Waals surface area (Å²) >= 11 is 6.55. The number of carbonyl (C=O) groups is 2. The summed E-state index contributed by atoms with van der Waals surface area (Å²) in [6, 6.07) is 30.6. The predicted molar refractivity (Wildman–Crippen MR) is 176 cm³/mol. The lowest BCUT2D eigenvalue weighted by atomic mass is 10.0. The van der Waals surface area contributed by atoms with Crippen LogP contribution in [0.5, 0.6) is 0 Å². The van der Waals surface area contributed by atoms with Crippen LogP contribution in [0.25, 0.3) is 0 Å². The largest absolute Gasteiger partial charge is 0.350 e. The molecule has 9 heteroatoms. The third kappa shape index (κ3) is 8.49. The van der Waals surface area contributed by atoms with E-state index in [0.29, 0.717) is 16.3 Å². The van der Waals surface area contributed by atoms with E-state index in [4.69, 9.17) is 11.6 Å². The lowest BCUT2D eigenvalue weighted by Gasteiger charge is -2.35. The first-order valence-electron chi connectivity index (χ1n) is 14.4. The van der Waals surface area contributed by atoms with Crippen molar-refractivity contribution in [1.29, 1.82) is 0 Å². The molecule has 4 aromatic rings. The van der Waals surface area contributed by atoms with Gasteiger partial charge in [-0.3, -0.25) is 13.9 Å². The van der Waals surface area contributed by atoms with Crippen molar-refractivity contribution >= 4 is 39.1 Å². The molecule has 2 amide bonds. The normalized spacial score (nSPS) is 12.3. The van der Waals surface area contributed by atoms with Crippen LogP contribution in [0, 0.1) is 6.92 Å². The highest BCUT2D eigenvalue weighted by Crippen LogP contribution is 2.27.